The Kier molecular flexibility index (Phi) is 4.93. The molecule has 0 saturated heterocycles. The molecule has 1 heterocycles. The van der Waals surface area contributed by atoms with E-state index < -0.39 is 24.6 Å². The van der Waals surface area contributed by atoms with Gasteiger partial charge in [0.1, 0.15) is 18.2 Å². The lowest BCUT2D eigenvalue weighted by Crippen LogP contribution is -2.05. The van der Waals surface area contributed by atoms with Gasteiger partial charge in [-0.15, -0.1) is 0 Å². The fourth-order valence-electron chi connectivity index (χ4n) is 2.18. The zero-order chi connectivity index (χ0) is 17.2. The summed E-state index contributed by atoms with van der Waals surface area (Å²) < 4.78 is 57.5. The van der Waals surface area contributed by atoms with Crippen molar-refractivity contribution >= 4 is 0 Å². The highest BCUT2D eigenvalue weighted by molar-refractivity contribution is 5.66. The zero-order valence-electron chi connectivity index (χ0n) is 12.6. The summed E-state index contributed by atoms with van der Waals surface area (Å²) in [6.07, 6.45) is -4.60. The number of aliphatic hydroxyl groups is 1. The van der Waals surface area contributed by atoms with Gasteiger partial charge in [-0.3, -0.25) is 0 Å². The third-order valence-corrected chi connectivity index (χ3v) is 3.34. The number of nitrogens with zero attached hydrogens (tertiary/aromatic N) is 2. The number of aliphatic hydroxyl groups excluding tert-OH is 1. The molecule has 1 atom stereocenters. The van der Waals surface area contributed by atoms with E-state index in [1.165, 1.54) is 19.2 Å². The number of imidazole rings is 1. The highest BCUT2D eigenvalue weighted by atomic mass is 19.4. The second kappa shape index (κ2) is 6.57. The second-order valence-electron chi connectivity index (χ2n) is 4.97. The first kappa shape index (κ1) is 17.3. The summed E-state index contributed by atoms with van der Waals surface area (Å²) in [5.41, 5.74) is -0.256. The smallest absolute Gasteiger partial charge is 0.434 e. The summed E-state index contributed by atoms with van der Waals surface area (Å²) in [4.78, 5) is 3.58. The normalized spacial score (nSPS) is 13.2. The molecule has 4 nitrogen and oxygen atoms in total. The van der Waals surface area contributed by atoms with Crippen molar-refractivity contribution in [2.45, 2.75) is 25.7 Å². The van der Waals surface area contributed by atoms with Crippen LogP contribution in [0.25, 0.3) is 11.4 Å². The van der Waals surface area contributed by atoms with Crippen molar-refractivity contribution < 1.29 is 27.4 Å². The van der Waals surface area contributed by atoms with Crippen LogP contribution in [-0.4, -0.2) is 28.4 Å². The molecule has 2 rings (SSSR count). The quantitative estimate of drug-likeness (QED) is 0.851. The van der Waals surface area contributed by atoms with E-state index in [0.29, 0.717) is 11.1 Å². The van der Waals surface area contributed by atoms with Gasteiger partial charge in [-0.2, -0.15) is 13.2 Å². The molecule has 126 valence electrons. The molecule has 0 saturated carbocycles. The first-order chi connectivity index (χ1) is 10.8. The maximum Gasteiger partial charge on any atom is 0.434 e. The number of alkyl halides is 4. The van der Waals surface area contributed by atoms with Gasteiger partial charge in [0.15, 0.2) is 5.69 Å². The molecule has 0 aliphatic carbocycles. The maximum absolute atomic E-state index is 12.9. The predicted octanol–water partition coefficient (Wildman–Crippen LogP) is 3.60. The van der Waals surface area contributed by atoms with Gasteiger partial charge in [0, 0.05) is 6.20 Å². The van der Waals surface area contributed by atoms with E-state index in [-0.39, 0.29) is 18.1 Å². The molecule has 0 fully saturated rings. The molecule has 0 aliphatic rings. The van der Waals surface area contributed by atoms with Gasteiger partial charge in [0.25, 0.3) is 0 Å². The molecular weight excluding hydrogens is 316 g/mol. The second-order valence-corrected chi connectivity index (χ2v) is 4.97. The van der Waals surface area contributed by atoms with E-state index in [0.717, 1.165) is 10.8 Å². The largest absolute Gasteiger partial charge is 0.496 e. The Labute approximate surface area is 130 Å². The molecule has 0 radical (unpaired) electrons. The number of hydrogen-bond acceptors (Lipinski definition) is 3. The summed E-state index contributed by atoms with van der Waals surface area (Å²) in [7, 11) is 1.36. The van der Waals surface area contributed by atoms with Crippen LogP contribution in [-0.2, 0) is 12.7 Å². The number of aromatic nitrogens is 2. The Morgan fingerprint density at radius 2 is 2.04 bits per heavy atom. The molecule has 1 aromatic carbocycles. The number of aryl methyl sites for hydroxylation is 1. The van der Waals surface area contributed by atoms with Gasteiger partial charge in [0.05, 0.1) is 25.3 Å². The molecule has 0 unspecified atom stereocenters. The van der Waals surface area contributed by atoms with E-state index in [1.54, 1.807) is 13.0 Å². The highest BCUT2D eigenvalue weighted by Crippen LogP contribution is 2.35. The molecule has 0 amide bonds. The van der Waals surface area contributed by atoms with Gasteiger partial charge in [-0.25, -0.2) is 9.37 Å². The number of rotatable bonds is 5. The van der Waals surface area contributed by atoms with Crippen LogP contribution in [0.4, 0.5) is 17.6 Å². The van der Waals surface area contributed by atoms with E-state index in [1.807, 2.05) is 0 Å². The van der Waals surface area contributed by atoms with Crippen LogP contribution in [0.3, 0.4) is 0 Å². The Bertz CT molecular complexity index is 681. The number of hydrogen-bond donors (Lipinski definition) is 1. The first-order valence-electron chi connectivity index (χ1n) is 6.84. The standard InChI is InChI=1S/C15H16F4N2O2/c1-9(22)10-3-4-11(12(7-10)23-2)14-20-13(15(17,18)19)8-21(14)6-5-16/h3-4,7-9,22H,5-6H2,1-2H3/t9-/m1/s1. The van der Waals surface area contributed by atoms with Gasteiger partial charge in [-0.05, 0) is 24.6 Å². The van der Waals surface area contributed by atoms with Crippen molar-refractivity contribution in [3.05, 3.63) is 35.7 Å². The van der Waals surface area contributed by atoms with Crippen molar-refractivity contribution in [2.75, 3.05) is 13.8 Å². The molecule has 0 spiro atoms. The Morgan fingerprint density at radius 1 is 1.35 bits per heavy atom. The summed E-state index contributed by atoms with van der Waals surface area (Å²) in [6, 6.07) is 4.57. The van der Waals surface area contributed by atoms with Crippen LogP contribution in [0.15, 0.2) is 24.4 Å². The average Bonchev–Trinajstić information content (AvgIpc) is 2.91. The van der Waals surface area contributed by atoms with Crippen LogP contribution >= 0.6 is 0 Å². The Hall–Kier alpha value is -2.09. The highest BCUT2D eigenvalue weighted by Gasteiger charge is 2.35. The van der Waals surface area contributed by atoms with Gasteiger partial charge in [0.2, 0.25) is 0 Å². The Morgan fingerprint density at radius 3 is 2.57 bits per heavy atom. The van der Waals surface area contributed by atoms with Crippen LogP contribution in [0, 0.1) is 0 Å². The lowest BCUT2D eigenvalue weighted by atomic mass is 10.1. The number of benzene rings is 1. The molecule has 23 heavy (non-hydrogen) atoms. The lowest BCUT2D eigenvalue weighted by Gasteiger charge is -2.13. The van der Waals surface area contributed by atoms with Crippen molar-refractivity contribution in [3.8, 4) is 17.1 Å². The molecule has 0 aliphatic heterocycles. The Balaban J connectivity index is 2.58. The summed E-state index contributed by atoms with van der Waals surface area (Å²) in [5, 5.41) is 9.58. The molecule has 0 bridgehead atoms. The van der Waals surface area contributed by atoms with Crippen molar-refractivity contribution in [1.82, 2.24) is 9.55 Å². The molecule has 8 heteroatoms. The van der Waals surface area contributed by atoms with Crippen LogP contribution in [0.5, 0.6) is 5.75 Å². The minimum Gasteiger partial charge on any atom is -0.496 e. The minimum atomic E-state index is -4.62. The predicted molar refractivity (Wildman–Crippen MR) is 75.8 cm³/mol. The van der Waals surface area contributed by atoms with E-state index in [9.17, 15) is 22.7 Å². The number of methoxy groups -OCH3 is 1. The van der Waals surface area contributed by atoms with Crippen molar-refractivity contribution in [1.29, 1.82) is 0 Å². The summed E-state index contributed by atoms with van der Waals surface area (Å²) in [5.74, 6) is 0.215. The lowest BCUT2D eigenvalue weighted by molar-refractivity contribution is -0.140. The molecule has 1 N–H and O–H groups in total. The average molecular weight is 332 g/mol. The summed E-state index contributed by atoms with van der Waals surface area (Å²) >= 11 is 0. The number of ether oxygens (including phenoxy) is 1. The topological polar surface area (TPSA) is 47.3 Å². The van der Waals surface area contributed by atoms with Gasteiger partial charge >= 0.3 is 6.18 Å². The fourth-order valence-corrected chi connectivity index (χ4v) is 2.18. The first-order valence-corrected chi connectivity index (χ1v) is 6.84. The van der Waals surface area contributed by atoms with Crippen LogP contribution < -0.4 is 4.74 Å². The molecular formula is C15H16F4N2O2. The molecule has 1 aromatic heterocycles. The third kappa shape index (κ3) is 3.64. The van der Waals surface area contributed by atoms with Gasteiger partial charge in [-0.1, -0.05) is 6.07 Å². The van der Waals surface area contributed by atoms with E-state index >= 15 is 0 Å². The maximum atomic E-state index is 12.9. The SMILES string of the molecule is COc1cc([C@@H](C)O)ccc1-c1nc(C(F)(F)F)cn1CCF. The van der Waals surface area contributed by atoms with Crippen LogP contribution in [0.1, 0.15) is 24.3 Å². The van der Waals surface area contributed by atoms with Gasteiger partial charge < -0.3 is 14.4 Å². The number of halogens is 4. The minimum absolute atomic E-state index is 0.0380. The van der Waals surface area contributed by atoms with E-state index in [4.69, 9.17) is 4.74 Å². The fraction of sp³-hybridized carbons (Fsp3) is 0.400. The zero-order valence-corrected chi connectivity index (χ0v) is 12.6. The van der Waals surface area contributed by atoms with E-state index in [2.05, 4.69) is 4.98 Å². The van der Waals surface area contributed by atoms with Crippen LogP contribution in [0.2, 0.25) is 0 Å². The van der Waals surface area contributed by atoms with Crippen molar-refractivity contribution in [3.63, 3.8) is 0 Å². The van der Waals surface area contributed by atoms with Crippen molar-refractivity contribution in [2.24, 2.45) is 0 Å². The summed E-state index contributed by atoms with van der Waals surface area (Å²) in [6.45, 7) is 0.481. The molecule has 2 aromatic rings. The third-order valence-electron chi connectivity index (χ3n) is 3.34. The monoisotopic (exact) mass is 332 g/mol.